The Kier molecular flexibility index (Phi) is 4.84. The van der Waals surface area contributed by atoms with Crippen molar-refractivity contribution >= 4 is 11.3 Å². The van der Waals surface area contributed by atoms with Crippen molar-refractivity contribution < 1.29 is 0 Å². The van der Waals surface area contributed by atoms with Crippen molar-refractivity contribution in [3.63, 3.8) is 0 Å². The van der Waals surface area contributed by atoms with Gasteiger partial charge in [-0.3, -0.25) is 4.90 Å². The second kappa shape index (κ2) is 6.10. The first-order valence-corrected chi connectivity index (χ1v) is 8.25. The van der Waals surface area contributed by atoms with Crippen molar-refractivity contribution in [2.75, 3.05) is 33.2 Å². The molecule has 1 unspecified atom stereocenters. The molecule has 0 saturated carbocycles. The standard InChI is InChI=1S/C15H28N4S/c1-11(16)13-14(15(2,3)4)17-12(20-13)10-19-8-6-18(5)7-9-19/h11H,6-10,16H2,1-5H3. The second-order valence-corrected chi connectivity index (χ2v) is 8.05. The fourth-order valence-corrected chi connectivity index (χ4v) is 3.76. The minimum Gasteiger partial charge on any atom is -0.323 e. The van der Waals surface area contributed by atoms with Crippen molar-refractivity contribution in [3.05, 3.63) is 15.6 Å². The Labute approximate surface area is 127 Å². The summed E-state index contributed by atoms with van der Waals surface area (Å²) in [6.07, 6.45) is 0. The van der Waals surface area contributed by atoms with Crippen LogP contribution in [-0.2, 0) is 12.0 Å². The molecule has 5 heteroatoms. The van der Waals surface area contributed by atoms with E-state index >= 15 is 0 Å². The van der Waals surface area contributed by atoms with E-state index in [4.69, 9.17) is 10.7 Å². The molecule has 2 N–H and O–H groups in total. The number of likely N-dealkylation sites (N-methyl/N-ethyl adjacent to an activating group) is 1. The molecule has 1 saturated heterocycles. The molecular weight excluding hydrogens is 268 g/mol. The number of hydrogen-bond donors (Lipinski definition) is 1. The molecule has 0 spiro atoms. The van der Waals surface area contributed by atoms with Crippen LogP contribution in [0.25, 0.3) is 0 Å². The van der Waals surface area contributed by atoms with E-state index in [2.05, 4.69) is 44.5 Å². The van der Waals surface area contributed by atoms with Gasteiger partial charge in [-0.2, -0.15) is 0 Å². The maximum absolute atomic E-state index is 6.13. The molecule has 1 atom stereocenters. The Morgan fingerprint density at radius 3 is 2.30 bits per heavy atom. The molecule has 0 amide bonds. The quantitative estimate of drug-likeness (QED) is 0.929. The van der Waals surface area contributed by atoms with Gasteiger partial charge in [-0.05, 0) is 14.0 Å². The zero-order chi connectivity index (χ0) is 14.9. The van der Waals surface area contributed by atoms with Crippen LogP contribution in [0.1, 0.15) is 49.3 Å². The molecule has 0 bridgehead atoms. The van der Waals surface area contributed by atoms with Crippen molar-refractivity contribution in [3.8, 4) is 0 Å². The summed E-state index contributed by atoms with van der Waals surface area (Å²) in [4.78, 5) is 11.0. The number of rotatable bonds is 3. The Bertz CT molecular complexity index is 439. The zero-order valence-electron chi connectivity index (χ0n) is 13.4. The van der Waals surface area contributed by atoms with Gasteiger partial charge >= 0.3 is 0 Å². The highest BCUT2D eigenvalue weighted by Gasteiger charge is 2.25. The number of piperazine rings is 1. The van der Waals surface area contributed by atoms with Crippen LogP contribution >= 0.6 is 11.3 Å². The van der Waals surface area contributed by atoms with Gasteiger partial charge in [0.1, 0.15) is 5.01 Å². The molecule has 0 aliphatic carbocycles. The van der Waals surface area contributed by atoms with Gasteiger partial charge in [0.05, 0.1) is 12.2 Å². The summed E-state index contributed by atoms with van der Waals surface area (Å²) in [7, 11) is 2.19. The first kappa shape index (κ1) is 15.9. The molecule has 1 aliphatic rings. The molecule has 2 rings (SSSR count). The third-order valence-electron chi connectivity index (χ3n) is 3.78. The topological polar surface area (TPSA) is 45.4 Å². The van der Waals surface area contributed by atoms with Gasteiger partial charge in [0.25, 0.3) is 0 Å². The Hall–Kier alpha value is -0.490. The van der Waals surface area contributed by atoms with Gasteiger partial charge < -0.3 is 10.6 Å². The highest BCUT2D eigenvalue weighted by molar-refractivity contribution is 7.11. The van der Waals surface area contributed by atoms with E-state index in [1.165, 1.54) is 15.6 Å². The van der Waals surface area contributed by atoms with Crippen LogP contribution in [0.4, 0.5) is 0 Å². The van der Waals surface area contributed by atoms with E-state index in [0.717, 1.165) is 32.7 Å². The normalized spacial score (nSPS) is 20.3. The summed E-state index contributed by atoms with van der Waals surface area (Å²) in [5.74, 6) is 0. The number of nitrogens with zero attached hydrogens (tertiary/aromatic N) is 3. The van der Waals surface area contributed by atoms with Crippen LogP contribution in [0, 0.1) is 0 Å². The Morgan fingerprint density at radius 1 is 1.25 bits per heavy atom. The van der Waals surface area contributed by atoms with Crippen molar-refractivity contribution in [1.29, 1.82) is 0 Å². The fraction of sp³-hybridized carbons (Fsp3) is 0.800. The molecule has 114 valence electrons. The maximum Gasteiger partial charge on any atom is 0.107 e. The molecule has 20 heavy (non-hydrogen) atoms. The van der Waals surface area contributed by atoms with E-state index in [0.29, 0.717) is 0 Å². The molecule has 0 aromatic carbocycles. The Morgan fingerprint density at radius 2 is 1.85 bits per heavy atom. The summed E-state index contributed by atoms with van der Waals surface area (Å²) >= 11 is 1.80. The zero-order valence-corrected chi connectivity index (χ0v) is 14.3. The first-order chi connectivity index (χ1) is 9.27. The van der Waals surface area contributed by atoms with Crippen LogP contribution < -0.4 is 5.73 Å². The monoisotopic (exact) mass is 296 g/mol. The third-order valence-corrected chi connectivity index (χ3v) is 5.02. The van der Waals surface area contributed by atoms with Crippen LogP contribution in [-0.4, -0.2) is 48.0 Å². The maximum atomic E-state index is 6.13. The van der Waals surface area contributed by atoms with Crippen molar-refractivity contribution in [2.24, 2.45) is 5.73 Å². The van der Waals surface area contributed by atoms with Crippen LogP contribution in [0.3, 0.4) is 0 Å². The van der Waals surface area contributed by atoms with Gasteiger partial charge in [0, 0.05) is 42.5 Å². The molecule has 1 aromatic heterocycles. The number of nitrogens with two attached hydrogens (primary N) is 1. The fourth-order valence-electron chi connectivity index (χ4n) is 2.49. The summed E-state index contributed by atoms with van der Waals surface area (Å²) in [6, 6.07) is 0.0722. The lowest BCUT2D eigenvalue weighted by Gasteiger charge is -2.31. The average molecular weight is 296 g/mol. The number of thiazole rings is 1. The van der Waals surface area contributed by atoms with Crippen LogP contribution in [0.5, 0.6) is 0 Å². The highest BCUT2D eigenvalue weighted by Crippen LogP contribution is 2.33. The molecule has 2 heterocycles. The first-order valence-electron chi connectivity index (χ1n) is 7.44. The number of hydrogen-bond acceptors (Lipinski definition) is 5. The largest absolute Gasteiger partial charge is 0.323 e. The SMILES string of the molecule is CC(N)c1sc(CN2CCN(C)CC2)nc1C(C)(C)C. The van der Waals surface area contributed by atoms with E-state index < -0.39 is 0 Å². The molecule has 0 radical (unpaired) electrons. The Balaban J connectivity index is 2.13. The highest BCUT2D eigenvalue weighted by atomic mass is 32.1. The number of aromatic nitrogens is 1. The lowest BCUT2D eigenvalue weighted by atomic mass is 9.90. The lowest BCUT2D eigenvalue weighted by Crippen LogP contribution is -2.43. The summed E-state index contributed by atoms with van der Waals surface area (Å²) in [5, 5.41) is 1.21. The van der Waals surface area contributed by atoms with Gasteiger partial charge in [-0.25, -0.2) is 4.98 Å². The molecule has 1 aromatic rings. The van der Waals surface area contributed by atoms with E-state index in [1.807, 2.05) is 0 Å². The summed E-state index contributed by atoms with van der Waals surface area (Å²) in [5.41, 5.74) is 7.38. The molecule has 4 nitrogen and oxygen atoms in total. The summed E-state index contributed by atoms with van der Waals surface area (Å²) < 4.78 is 0. The third kappa shape index (κ3) is 3.79. The predicted molar refractivity (Wildman–Crippen MR) is 86.2 cm³/mol. The smallest absolute Gasteiger partial charge is 0.107 e. The second-order valence-electron chi connectivity index (χ2n) is 6.94. The van der Waals surface area contributed by atoms with E-state index in [9.17, 15) is 0 Å². The molecule has 1 aliphatic heterocycles. The average Bonchev–Trinajstić information content (AvgIpc) is 2.76. The summed E-state index contributed by atoms with van der Waals surface area (Å²) in [6.45, 7) is 14.2. The van der Waals surface area contributed by atoms with Gasteiger partial charge in [-0.15, -0.1) is 11.3 Å². The van der Waals surface area contributed by atoms with Crippen LogP contribution in [0.15, 0.2) is 0 Å². The van der Waals surface area contributed by atoms with Crippen molar-refractivity contribution in [2.45, 2.75) is 45.7 Å². The van der Waals surface area contributed by atoms with Crippen LogP contribution in [0.2, 0.25) is 0 Å². The van der Waals surface area contributed by atoms with Gasteiger partial charge in [0.2, 0.25) is 0 Å². The molecule has 1 fully saturated rings. The van der Waals surface area contributed by atoms with Crippen molar-refractivity contribution in [1.82, 2.24) is 14.8 Å². The van der Waals surface area contributed by atoms with Gasteiger partial charge in [-0.1, -0.05) is 20.8 Å². The predicted octanol–water partition coefficient (Wildman–Crippen LogP) is 2.21. The van der Waals surface area contributed by atoms with E-state index in [-0.39, 0.29) is 11.5 Å². The minimum absolute atomic E-state index is 0.0693. The molecular formula is C15H28N4S. The minimum atomic E-state index is 0.0693. The van der Waals surface area contributed by atoms with Gasteiger partial charge in [0.15, 0.2) is 0 Å². The van der Waals surface area contributed by atoms with E-state index in [1.54, 1.807) is 11.3 Å². The lowest BCUT2D eigenvalue weighted by molar-refractivity contribution is 0.148.